The van der Waals surface area contributed by atoms with E-state index in [4.69, 9.17) is 9.47 Å². The van der Waals surface area contributed by atoms with Crippen molar-refractivity contribution in [3.8, 4) is 0 Å². The summed E-state index contributed by atoms with van der Waals surface area (Å²) in [6, 6.07) is 9.29. The highest BCUT2D eigenvalue weighted by Gasteiger charge is 2.50. The third-order valence-electron chi connectivity index (χ3n) is 5.15. The van der Waals surface area contributed by atoms with Crippen LogP contribution in [-0.2, 0) is 15.2 Å². The van der Waals surface area contributed by atoms with Crippen LogP contribution in [0.4, 0.5) is 14.9 Å². The first-order valence-electron chi connectivity index (χ1n) is 10.6. The van der Waals surface area contributed by atoms with Crippen LogP contribution in [0.1, 0.15) is 43.2 Å². The number of rotatable bonds is 3. The molecular weight excluding hydrogens is 447 g/mol. The SMILES string of the molecule is CC(C)(C)OC(=O)NC1=N[C@]2(c3cc(NC(=O)c4ccccn4)ccc3F)OCC[C@@H]2CS1. The number of aromatic nitrogens is 1. The van der Waals surface area contributed by atoms with E-state index in [2.05, 4.69) is 20.6 Å². The standard InChI is InChI=1S/C23H25FN4O4S/c1-22(2,3)32-21(30)27-20-28-23(14(13-33-20)9-11-31-23)16-12-15(7-8-17(16)24)26-19(29)18-6-4-5-10-25-18/h4-8,10,12,14H,9,11,13H2,1-3H3,(H,26,29)(H,27,28,30)/t14-,23+/m1/s1. The average molecular weight is 473 g/mol. The minimum Gasteiger partial charge on any atom is -0.444 e. The molecule has 2 amide bonds. The van der Waals surface area contributed by atoms with Gasteiger partial charge < -0.3 is 14.8 Å². The van der Waals surface area contributed by atoms with Gasteiger partial charge in [0.15, 0.2) is 10.9 Å². The monoisotopic (exact) mass is 472 g/mol. The van der Waals surface area contributed by atoms with Crippen LogP contribution < -0.4 is 10.6 Å². The lowest BCUT2D eigenvalue weighted by atomic mass is 9.89. The summed E-state index contributed by atoms with van der Waals surface area (Å²) in [6.45, 7) is 5.69. The van der Waals surface area contributed by atoms with E-state index < -0.39 is 29.1 Å². The fourth-order valence-corrected chi connectivity index (χ4v) is 4.84. The molecule has 2 aliphatic heterocycles. The van der Waals surface area contributed by atoms with Crippen LogP contribution >= 0.6 is 11.8 Å². The molecule has 0 radical (unpaired) electrons. The van der Waals surface area contributed by atoms with Gasteiger partial charge in [0.05, 0.1) is 6.61 Å². The number of amides is 2. The highest BCUT2D eigenvalue weighted by molar-refractivity contribution is 8.13. The molecule has 0 aliphatic carbocycles. The molecule has 1 saturated heterocycles. The van der Waals surface area contributed by atoms with E-state index in [1.165, 1.54) is 36.2 Å². The molecule has 0 spiro atoms. The van der Waals surface area contributed by atoms with Crippen molar-refractivity contribution in [1.82, 2.24) is 10.3 Å². The maximum absolute atomic E-state index is 15.1. The van der Waals surface area contributed by atoms with Gasteiger partial charge in [0.1, 0.15) is 17.1 Å². The molecular formula is C23H25FN4O4S. The number of carbonyl (C=O) groups excluding carboxylic acids is 2. The molecule has 3 heterocycles. The second-order valence-corrected chi connectivity index (χ2v) is 9.76. The Balaban J connectivity index is 1.63. The van der Waals surface area contributed by atoms with Gasteiger partial charge in [-0.1, -0.05) is 17.8 Å². The molecule has 10 heteroatoms. The number of pyridine rings is 1. The molecule has 174 valence electrons. The zero-order valence-corrected chi connectivity index (χ0v) is 19.4. The first-order valence-corrected chi connectivity index (χ1v) is 11.5. The summed E-state index contributed by atoms with van der Waals surface area (Å²) in [5.74, 6) is -0.434. The average Bonchev–Trinajstić information content (AvgIpc) is 3.18. The van der Waals surface area contributed by atoms with Crippen molar-refractivity contribution in [3.63, 3.8) is 0 Å². The molecule has 1 aromatic carbocycles. The Morgan fingerprint density at radius 1 is 1.24 bits per heavy atom. The maximum Gasteiger partial charge on any atom is 0.413 e. The van der Waals surface area contributed by atoms with Crippen molar-refractivity contribution < 1.29 is 23.5 Å². The van der Waals surface area contributed by atoms with Gasteiger partial charge in [0, 0.05) is 29.1 Å². The Labute approximate surface area is 195 Å². The van der Waals surface area contributed by atoms with Crippen LogP contribution in [0.3, 0.4) is 0 Å². The minimum atomic E-state index is -1.30. The number of nitrogens with zero attached hydrogens (tertiary/aromatic N) is 2. The Morgan fingerprint density at radius 3 is 2.79 bits per heavy atom. The second-order valence-electron chi connectivity index (χ2n) is 8.75. The van der Waals surface area contributed by atoms with Crippen LogP contribution in [-0.4, -0.2) is 40.1 Å². The molecule has 2 N–H and O–H groups in total. The number of amidine groups is 1. The summed E-state index contributed by atoms with van der Waals surface area (Å²) in [5, 5.41) is 5.68. The number of nitrogens with one attached hydrogen (secondary N) is 2. The molecule has 8 nitrogen and oxygen atoms in total. The number of aliphatic imine (C=N–C) groups is 1. The predicted octanol–water partition coefficient (Wildman–Crippen LogP) is 4.29. The predicted molar refractivity (Wildman–Crippen MR) is 124 cm³/mol. The van der Waals surface area contributed by atoms with Crippen LogP contribution in [0.5, 0.6) is 0 Å². The number of anilines is 1. The van der Waals surface area contributed by atoms with Crippen molar-refractivity contribution >= 4 is 34.6 Å². The lowest BCUT2D eigenvalue weighted by Crippen LogP contribution is -2.42. The van der Waals surface area contributed by atoms with E-state index in [-0.39, 0.29) is 17.2 Å². The minimum absolute atomic E-state index is 0.0945. The fourth-order valence-electron chi connectivity index (χ4n) is 3.74. The van der Waals surface area contributed by atoms with Crippen molar-refractivity contribution in [2.24, 2.45) is 10.9 Å². The topological polar surface area (TPSA) is 102 Å². The first-order chi connectivity index (χ1) is 15.7. The van der Waals surface area contributed by atoms with Gasteiger partial charge in [-0.15, -0.1) is 0 Å². The molecule has 2 aliphatic rings. The molecule has 0 unspecified atom stereocenters. The Morgan fingerprint density at radius 2 is 2.06 bits per heavy atom. The van der Waals surface area contributed by atoms with Gasteiger partial charge in [-0.05, 0) is 57.5 Å². The zero-order valence-electron chi connectivity index (χ0n) is 18.6. The molecule has 33 heavy (non-hydrogen) atoms. The van der Waals surface area contributed by atoms with Gasteiger partial charge >= 0.3 is 6.09 Å². The molecule has 2 aromatic rings. The lowest BCUT2D eigenvalue weighted by molar-refractivity contribution is -0.0173. The number of hydrogen-bond acceptors (Lipinski definition) is 7. The van der Waals surface area contributed by atoms with Gasteiger partial charge in [0.25, 0.3) is 5.91 Å². The van der Waals surface area contributed by atoms with Gasteiger partial charge in [0.2, 0.25) is 0 Å². The summed E-state index contributed by atoms with van der Waals surface area (Å²) in [4.78, 5) is 33.4. The Kier molecular flexibility index (Phi) is 6.40. The molecule has 1 fully saturated rings. The van der Waals surface area contributed by atoms with E-state index in [0.717, 1.165) is 0 Å². The molecule has 1 aromatic heterocycles. The highest BCUT2D eigenvalue weighted by Crippen LogP contribution is 2.48. The summed E-state index contributed by atoms with van der Waals surface area (Å²) >= 11 is 1.36. The van der Waals surface area contributed by atoms with E-state index in [0.29, 0.717) is 29.6 Å². The summed E-state index contributed by atoms with van der Waals surface area (Å²) in [5.41, 5.74) is -1.13. The third kappa shape index (κ3) is 5.17. The third-order valence-corrected chi connectivity index (χ3v) is 6.18. The summed E-state index contributed by atoms with van der Waals surface area (Å²) in [7, 11) is 0. The Hall–Kier alpha value is -2.98. The number of halogens is 1. The number of thioether (sulfide) groups is 1. The number of carbonyl (C=O) groups is 2. The van der Waals surface area contributed by atoms with Crippen molar-refractivity contribution in [1.29, 1.82) is 0 Å². The van der Waals surface area contributed by atoms with E-state index in [1.54, 1.807) is 39.0 Å². The second kappa shape index (κ2) is 9.11. The fraction of sp³-hybridized carbons (Fsp3) is 0.391. The Bertz CT molecular complexity index is 1090. The number of hydrogen-bond donors (Lipinski definition) is 2. The summed E-state index contributed by atoms with van der Waals surface area (Å²) in [6.07, 6.45) is 1.58. The number of ether oxygens (including phenoxy) is 2. The smallest absolute Gasteiger partial charge is 0.413 e. The van der Waals surface area contributed by atoms with E-state index >= 15 is 4.39 Å². The van der Waals surface area contributed by atoms with E-state index in [1.807, 2.05) is 0 Å². The number of alkyl carbamates (subject to hydrolysis) is 1. The quantitative estimate of drug-likeness (QED) is 0.691. The summed E-state index contributed by atoms with van der Waals surface area (Å²) < 4.78 is 26.4. The molecule has 4 rings (SSSR count). The van der Waals surface area contributed by atoms with E-state index in [9.17, 15) is 9.59 Å². The van der Waals surface area contributed by atoms with Crippen LogP contribution in [0, 0.1) is 11.7 Å². The van der Waals surface area contributed by atoms with Crippen LogP contribution in [0.15, 0.2) is 47.6 Å². The van der Waals surface area contributed by atoms with Gasteiger partial charge in [-0.25, -0.2) is 14.2 Å². The first kappa shape index (κ1) is 23.2. The number of benzene rings is 1. The molecule has 2 atom stereocenters. The maximum atomic E-state index is 15.1. The molecule has 0 saturated carbocycles. The van der Waals surface area contributed by atoms with Crippen molar-refractivity contribution in [2.75, 3.05) is 17.7 Å². The van der Waals surface area contributed by atoms with Crippen molar-refractivity contribution in [2.45, 2.75) is 38.5 Å². The normalized spacial score (nSPS) is 22.2. The van der Waals surface area contributed by atoms with Crippen LogP contribution in [0.2, 0.25) is 0 Å². The molecule has 0 bridgehead atoms. The van der Waals surface area contributed by atoms with Crippen molar-refractivity contribution in [3.05, 3.63) is 59.7 Å². The highest BCUT2D eigenvalue weighted by atomic mass is 32.2. The number of fused-ring (bicyclic) bond motifs is 1. The zero-order chi connectivity index (χ0) is 23.6. The largest absolute Gasteiger partial charge is 0.444 e. The lowest BCUT2D eigenvalue weighted by Gasteiger charge is -2.35. The van der Waals surface area contributed by atoms with Gasteiger partial charge in [-0.2, -0.15) is 0 Å². The van der Waals surface area contributed by atoms with Gasteiger partial charge in [-0.3, -0.25) is 15.1 Å². The van der Waals surface area contributed by atoms with Crippen LogP contribution in [0.25, 0.3) is 0 Å².